The van der Waals surface area contributed by atoms with E-state index in [4.69, 9.17) is 18.9 Å². The van der Waals surface area contributed by atoms with E-state index < -0.39 is 30.4 Å². The summed E-state index contributed by atoms with van der Waals surface area (Å²) in [7, 11) is 0. The predicted molar refractivity (Wildman–Crippen MR) is 95.1 cm³/mol. The van der Waals surface area contributed by atoms with E-state index in [1.54, 1.807) is 0 Å². The Morgan fingerprint density at radius 1 is 1.00 bits per heavy atom. The lowest BCUT2D eigenvalue weighted by atomic mass is 9.99. The smallest absolute Gasteiger partial charge is 0.190 e. The maximum atomic E-state index is 10.9. The fraction of sp³-hybridized carbons (Fsp3) is 0.429. The zero-order valence-corrected chi connectivity index (χ0v) is 14.9. The Hall–Kier alpha value is -1.76. The second-order valence-electron chi connectivity index (χ2n) is 7.19. The van der Waals surface area contributed by atoms with Crippen LogP contribution in [0, 0.1) is 0 Å². The van der Waals surface area contributed by atoms with E-state index in [-0.39, 0.29) is 6.10 Å². The Bertz CT molecular complexity index is 718. The molecule has 26 heavy (non-hydrogen) atoms. The maximum absolute atomic E-state index is 10.9. The molecule has 0 bridgehead atoms. The van der Waals surface area contributed by atoms with Gasteiger partial charge in [0.15, 0.2) is 12.1 Å². The number of fused-ring (bicyclic) bond motifs is 1. The minimum atomic E-state index is -0.821. The maximum Gasteiger partial charge on any atom is 0.190 e. The summed E-state index contributed by atoms with van der Waals surface area (Å²) in [4.78, 5) is 0. The van der Waals surface area contributed by atoms with Crippen molar-refractivity contribution in [3.05, 3.63) is 71.8 Å². The van der Waals surface area contributed by atoms with Crippen LogP contribution in [0.25, 0.3) is 0 Å². The third-order valence-electron chi connectivity index (χ3n) is 4.76. The molecule has 2 aromatic rings. The van der Waals surface area contributed by atoms with E-state index in [1.807, 2.05) is 74.5 Å². The van der Waals surface area contributed by atoms with Crippen LogP contribution in [0.5, 0.6) is 0 Å². The van der Waals surface area contributed by atoms with Crippen LogP contribution in [-0.4, -0.2) is 35.5 Å². The Balaban J connectivity index is 1.54. The summed E-state index contributed by atoms with van der Waals surface area (Å²) < 4.78 is 24.0. The van der Waals surface area contributed by atoms with Crippen LogP contribution in [-0.2, 0) is 25.6 Å². The molecule has 5 nitrogen and oxygen atoms in total. The fourth-order valence-corrected chi connectivity index (χ4v) is 3.55. The van der Waals surface area contributed by atoms with Crippen molar-refractivity contribution in [3.63, 3.8) is 0 Å². The van der Waals surface area contributed by atoms with Crippen LogP contribution >= 0.6 is 0 Å². The number of ether oxygens (including phenoxy) is 4. The van der Waals surface area contributed by atoms with Crippen molar-refractivity contribution >= 4 is 0 Å². The van der Waals surface area contributed by atoms with E-state index >= 15 is 0 Å². The minimum absolute atomic E-state index is 0.378. The highest BCUT2D eigenvalue weighted by molar-refractivity contribution is 5.20. The number of aliphatic hydroxyl groups is 1. The van der Waals surface area contributed by atoms with Gasteiger partial charge in [0.05, 0.1) is 6.61 Å². The molecule has 0 aliphatic carbocycles. The molecule has 2 aromatic carbocycles. The molecule has 4 rings (SSSR count). The van der Waals surface area contributed by atoms with Gasteiger partial charge in [0.25, 0.3) is 0 Å². The Morgan fingerprint density at radius 2 is 1.65 bits per heavy atom. The SMILES string of the molecule is CC1(C)O[C@H]2O[C@H]([C@H](O)c3ccccc3)[C@H](OCc3ccccc3)[C@H]2O1. The van der Waals surface area contributed by atoms with E-state index in [9.17, 15) is 5.11 Å². The van der Waals surface area contributed by atoms with Gasteiger partial charge >= 0.3 is 0 Å². The third-order valence-corrected chi connectivity index (χ3v) is 4.76. The number of hydrogen-bond acceptors (Lipinski definition) is 5. The van der Waals surface area contributed by atoms with Gasteiger partial charge < -0.3 is 24.1 Å². The van der Waals surface area contributed by atoms with Gasteiger partial charge in [0.1, 0.15) is 24.4 Å². The first-order valence-electron chi connectivity index (χ1n) is 8.93. The standard InChI is InChI=1S/C21H24O5/c1-21(2)25-19-18(23-13-14-9-5-3-6-10-14)17(24-20(19)26-21)16(22)15-11-7-4-8-12-15/h3-12,16-20,22H,13H2,1-2H3/t16-,17-,18+,19-,20-/m1/s1. The van der Waals surface area contributed by atoms with Gasteiger partial charge in [-0.3, -0.25) is 0 Å². The molecule has 0 unspecified atom stereocenters. The minimum Gasteiger partial charge on any atom is -0.386 e. The normalized spacial score (nSPS) is 30.9. The lowest BCUT2D eigenvalue weighted by molar-refractivity contribution is -0.231. The molecular formula is C21H24O5. The molecule has 1 N–H and O–H groups in total. The molecule has 5 atom stereocenters. The van der Waals surface area contributed by atoms with Crippen LogP contribution in [0.1, 0.15) is 31.1 Å². The lowest BCUT2D eigenvalue weighted by Gasteiger charge is -2.28. The number of hydrogen-bond donors (Lipinski definition) is 1. The average Bonchev–Trinajstić information content (AvgIpc) is 3.12. The first kappa shape index (κ1) is 17.6. The monoisotopic (exact) mass is 356 g/mol. The van der Waals surface area contributed by atoms with Crippen molar-refractivity contribution in [2.24, 2.45) is 0 Å². The number of benzene rings is 2. The Labute approximate surface area is 153 Å². The van der Waals surface area contributed by atoms with E-state index in [1.165, 1.54) is 0 Å². The van der Waals surface area contributed by atoms with Crippen molar-refractivity contribution < 1.29 is 24.1 Å². The number of aliphatic hydroxyl groups excluding tert-OH is 1. The quantitative estimate of drug-likeness (QED) is 0.892. The molecule has 0 spiro atoms. The summed E-state index contributed by atoms with van der Waals surface area (Å²) in [5, 5.41) is 10.9. The van der Waals surface area contributed by atoms with Crippen LogP contribution in [0.2, 0.25) is 0 Å². The molecule has 2 fully saturated rings. The lowest BCUT2D eigenvalue weighted by Crippen LogP contribution is -2.39. The van der Waals surface area contributed by atoms with Gasteiger partial charge in [-0.25, -0.2) is 0 Å². The summed E-state index contributed by atoms with van der Waals surface area (Å²) in [5.74, 6) is -0.730. The van der Waals surface area contributed by atoms with Crippen LogP contribution in [0.3, 0.4) is 0 Å². The topological polar surface area (TPSA) is 57.2 Å². The van der Waals surface area contributed by atoms with E-state index in [0.29, 0.717) is 6.61 Å². The molecular weight excluding hydrogens is 332 g/mol. The third kappa shape index (κ3) is 3.54. The summed E-state index contributed by atoms with van der Waals surface area (Å²) >= 11 is 0. The van der Waals surface area contributed by atoms with Gasteiger partial charge in [-0.05, 0) is 25.0 Å². The zero-order chi connectivity index (χ0) is 18.1. The molecule has 5 heteroatoms. The largest absolute Gasteiger partial charge is 0.386 e. The highest BCUT2D eigenvalue weighted by Crippen LogP contribution is 2.42. The molecule has 2 heterocycles. The average molecular weight is 356 g/mol. The van der Waals surface area contributed by atoms with Gasteiger partial charge in [0.2, 0.25) is 0 Å². The Kier molecular flexibility index (Phi) is 4.82. The first-order valence-corrected chi connectivity index (χ1v) is 8.93. The second kappa shape index (κ2) is 7.10. The van der Waals surface area contributed by atoms with Crippen LogP contribution < -0.4 is 0 Å². The van der Waals surface area contributed by atoms with Crippen molar-refractivity contribution in [1.82, 2.24) is 0 Å². The second-order valence-corrected chi connectivity index (χ2v) is 7.19. The molecule has 0 saturated carbocycles. The molecule has 0 radical (unpaired) electrons. The van der Waals surface area contributed by atoms with Crippen molar-refractivity contribution in [1.29, 1.82) is 0 Å². The molecule has 2 saturated heterocycles. The molecule has 2 aliphatic rings. The van der Waals surface area contributed by atoms with Crippen molar-refractivity contribution in [3.8, 4) is 0 Å². The zero-order valence-electron chi connectivity index (χ0n) is 14.9. The molecule has 0 aromatic heterocycles. The Morgan fingerprint density at radius 3 is 2.35 bits per heavy atom. The molecule has 2 aliphatic heterocycles. The summed E-state index contributed by atoms with van der Waals surface area (Å²) in [6, 6.07) is 19.4. The van der Waals surface area contributed by atoms with Crippen molar-refractivity contribution in [2.45, 2.75) is 56.9 Å². The predicted octanol–water partition coefficient (Wildman–Crippen LogP) is 3.18. The van der Waals surface area contributed by atoms with Gasteiger partial charge in [-0.1, -0.05) is 60.7 Å². The van der Waals surface area contributed by atoms with Crippen molar-refractivity contribution in [2.75, 3.05) is 0 Å². The van der Waals surface area contributed by atoms with Crippen LogP contribution in [0.15, 0.2) is 60.7 Å². The summed E-state index contributed by atoms with van der Waals surface area (Å²) in [5.41, 5.74) is 1.84. The van der Waals surface area contributed by atoms with E-state index in [2.05, 4.69) is 0 Å². The van der Waals surface area contributed by atoms with Gasteiger partial charge in [-0.2, -0.15) is 0 Å². The molecule has 138 valence electrons. The van der Waals surface area contributed by atoms with Gasteiger partial charge in [0, 0.05) is 0 Å². The summed E-state index contributed by atoms with van der Waals surface area (Å²) in [6.07, 6.45) is -2.74. The highest BCUT2D eigenvalue weighted by Gasteiger charge is 2.57. The van der Waals surface area contributed by atoms with Crippen LogP contribution in [0.4, 0.5) is 0 Å². The molecule has 0 amide bonds. The number of rotatable bonds is 5. The van der Waals surface area contributed by atoms with Gasteiger partial charge in [-0.15, -0.1) is 0 Å². The fourth-order valence-electron chi connectivity index (χ4n) is 3.55. The first-order chi connectivity index (χ1) is 12.5. The highest BCUT2D eigenvalue weighted by atomic mass is 16.8. The van der Waals surface area contributed by atoms with E-state index in [0.717, 1.165) is 11.1 Å². The summed E-state index contributed by atoms with van der Waals surface area (Å²) in [6.45, 7) is 4.12.